The summed E-state index contributed by atoms with van der Waals surface area (Å²) < 4.78 is 1.78. The molecule has 4 rings (SSSR count). The molecule has 0 saturated heterocycles. The van der Waals surface area contributed by atoms with Gasteiger partial charge in [-0.2, -0.15) is 10.5 Å². The number of benzene rings is 2. The first-order chi connectivity index (χ1) is 12.3. The summed E-state index contributed by atoms with van der Waals surface area (Å²) in [5.41, 5.74) is 2.64. The normalized spacial score (nSPS) is 10.6. The molecule has 0 spiro atoms. The van der Waals surface area contributed by atoms with Crippen LogP contribution in [0.4, 0.5) is 0 Å². The highest BCUT2D eigenvalue weighted by Gasteiger charge is 2.23. The summed E-state index contributed by atoms with van der Waals surface area (Å²) in [6.45, 7) is 0. The third-order valence-electron chi connectivity index (χ3n) is 4.07. The van der Waals surface area contributed by atoms with Crippen molar-refractivity contribution in [2.75, 3.05) is 0 Å². The highest BCUT2D eigenvalue weighted by molar-refractivity contribution is 8.03. The van der Waals surface area contributed by atoms with Crippen LogP contribution in [0.3, 0.4) is 0 Å². The molecule has 2 aromatic heterocycles. The second-order valence-corrected chi connectivity index (χ2v) is 6.16. The van der Waals surface area contributed by atoms with Gasteiger partial charge in [0.25, 0.3) is 5.56 Å². The van der Waals surface area contributed by atoms with E-state index in [9.17, 15) is 15.3 Å². The number of thiocyanates is 1. The predicted octanol–water partition coefficient (Wildman–Crippen LogP) is 3.89. The maximum atomic E-state index is 12.4. The first-order valence-corrected chi connectivity index (χ1v) is 8.28. The Labute approximate surface area is 146 Å². The van der Waals surface area contributed by atoms with Gasteiger partial charge in [-0.3, -0.25) is 9.20 Å². The third-order valence-corrected chi connectivity index (χ3v) is 4.74. The lowest BCUT2D eigenvalue weighted by atomic mass is 10.1. The zero-order valence-corrected chi connectivity index (χ0v) is 13.7. The fourth-order valence-electron chi connectivity index (χ4n) is 3.06. The smallest absolute Gasteiger partial charge is 0.258 e. The molecule has 1 N–H and O–H groups in total. The number of hydrogen-bond donors (Lipinski definition) is 1. The molecule has 0 saturated carbocycles. The first-order valence-electron chi connectivity index (χ1n) is 7.47. The van der Waals surface area contributed by atoms with Crippen molar-refractivity contribution in [1.29, 1.82) is 10.5 Å². The van der Waals surface area contributed by atoms with Gasteiger partial charge in [0, 0.05) is 17.3 Å². The fraction of sp³-hybridized carbons (Fsp3) is 0. The van der Waals surface area contributed by atoms with Crippen LogP contribution in [0.1, 0.15) is 5.56 Å². The van der Waals surface area contributed by atoms with E-state index in [0.717, 1.165) is 17.3 Å². The molecule has 0 radical (unpaired) electrons. The lowest BCUT2D eigenvalue weighted by Gasteiger charge is -2.05. The van der Waals surface area contributed by atoms with Crippen LogP contribution in [-0.4, -0.2) is 9.38 Å². The minimum absolute atomic E-state index is 0.259. The van der Waals surface area contributed by atoms with E-state index in [1.165, 1.54) is 0 Å². The van der Waals surface area contributed by atoms with E-state index >= 15 is 0 Å². The largest absolute Gasteiger partial charge is 0.306 e. The molecule has 0 unspecified atom stereocenters. The van der Waals surface area contributed by atoms with Crippen molar-refractivity contribution in [3.05, 3.63) is 70.5 Å². The van der Waals surface area contributed by atoms with E-state index in [1.54, 1.807) is 16.5 Å². The maximum absolute atomic E-state index is 12.4. The summed E-state index contributed by atoms with van der Waals surface area (Å²) in [6, 6.07) is 18.8. The predicted molar refractivity (Wildman–Crippen MR) is 97.1 cm³/mol. The molecule has 0 amide bonds. The van der Waals surface area contributed by atoms with E-state index in [-0.39, 0.29) is 5.56 Å². The molecule has 118 valence electrons. The van der Waals surface area contributed by atoms with Crippen molar-refractivity contribution in [2.45, 2.75) is 5.03 Å². The average Bonchev–Trinajstić information content (AvgIpc) is 2.96. The molecule has 25 heavy (non-hydrogen) atoms. The summed E-state index contributed by atoms with van der Waals surface area (Å²) in [5, 5.41) is 22.3. The van der Waals surface area contributed by atoms with Crippen LogP contribution in [0, 0.1) is 22.0 Å². The van der Waals surface area contributed by atoms with Crippen LogP contribution >= 0.6 is 11.8 Å². The van der Waals surface area contributed by atoms with Crippen molar-refractivity contribution >= 4 is 28.3 Å². The van der Waals surface area contributed by atoms with Crippen molar-refractivity contribution in [2.24, 2.45) is 0 Å². The minimum Gasteiger partial charge on any atom is -0.306 e. The van der Waals surface area contributed by atoms with E-state index in [2.05, 4.69) is 16.5 Å². The highest BCUT2D eigenvalue weighted by atomic mass is 32.2. The van der Waals surface area contributed by atoms with Gasteiger partial charge in [0.15, 0.2) is 0 Å². The Hall–Kier alpha value is -3.48. The molecular formula is C19H10N4OS. The molecule has 0 fully saturated rings. The van der Waals surface area contributed by atoms with E-state index in [1.807, 2.05) is 42.5 Å². The van der Waals surface area contributed by atoms with Gasteiger partial charge in [0.05, 0.1) is 10.9 Å². The number of aromatic nitrogens is 2. The Kier molecular flexibility index (Phi) is 3.53. The SMILES string of the molecule is N#CSc1c(-c2ccccc2)c(C#N)c2[nH]c(=O)c3ccccc3n12. The molecule has 4 aromatic rings. The highest BCUT2D eigenvalue weighted by Crippen LogP contribution is 2.38. The fourth-order valence-corrected chi connectivity index (χ4v) is 3.75. The van der Waals surface area contributed by atoms with Crippen LogP contribution in [0.25, 0.3) is 27.7 Å². The number of H-pyrrole nitrogens is 1. The molecule has 2 heterocycles. The van der Waals surface area contributed by atoms with Crippen molar-refractivity contribution in [3.63, 3.8) is 0 Å². The monoisotopic (exact) mass is 342 g/mol. The van der Waals surface area contributed by atoms with Gasteiger partial charge in [-0.05, 0) is 17.7 Å². The summed E-state index contributed by atoms with van der Waals surface area (Å²) in [4.78, 5) is 15.2. The van der Waals surface area contributed by atoms with Crippen LogP contribution in [0.5, 0.6) is 0 Å². The zero-order valence-electron chi connectivity index (χ0n) is 12.9. The average molecular weight is 342 g/mol. The van der Waals surface area contributed by atoms with Crippen LogP contribution in [0.2, 0.25) is 0 Å². The summed E-state index contributed by atoms with van der Waals surface area (Å²) in [7, 11) is 0. The Balaban J connectivity index is 2.29. The molecule has 5 nitrogen and oxygen atoms in total. The number of thioether (sulfide) groups is 1. The molecule has 0 aliphatic carbocycles. The number of rotatable bonds is 2. The van der Waals surface area contributed by atoms with E-state index in [0.29, 0.717) is 32.7 Å². The molecule has 6 heteroatoms. The second-order valence-electron chi connectivity index (χ2n) is 5.38. The topological polar surface area (TPSA) is 84.8 Å². The quantitative estimate of drug-likeness (QED) is 0.442. The number of nitrogens with zero attached hydrogens (tertiary/aromatic N) is 3. The summed E-state index contributed by atoms with van der Waals surface area (Å²) in [5.74, 6) is 0. The van der Waals surface area contributed by atoms with Crippen LogP contribution < -0.4 is 5.56 Å². The molecule has 0 aliphatic rings. The standard InChI is InChI=1S/C19H10N4OS/c20-10-14-16(12-6-2-1-3-7-12)19(25-11-21)23-15-9-5-4-8-13(15)18(24)22-17(14)23/h1-9H,(H,22,24). The second kappa shape index (κ2) is 5.86. The van der Waals surface area contributed by atoms with Crippen LogP contribution in [-0.2, 0) is 0 Å². The van der Waals surface area contributed by atoms with Gasteiger partial charge < -0.3 is 4.98 Å². The number of nitrogens with one attached hydrogen (secondary N) is 1. The van der Waals surface area contributed by atoms with Gasteiger partial charge >= 0.3 is 0 Å². The first kappa shape index (κ1) is 15.1. The summed E-state index contributed by atoms with van der Waals surface area (Å²) >= 11 is 0.978. The van der Waals surface area contributed by atoms with Gasteiger partial charge in [-0.15, -0.1) is 0 Å². The van der Waals surface area contributed by atoms with E-state index in [4.69, 9.17) is 0 Å². The van der Waals surface area contributed by atoms with Crippen molar-refractivity contribution in [1.82, 2.24) is 9.38 Å². The Morgan fingerprint density at radius 2 is 1.72 bits per heavy atom. The number of nitriles is 2. The molecule has 0 aliphatic heterocycles. The number of hydrogen-bond acceptors (Lipinski definition) is 4. The molecule has 2 aromatic carbocycles. The molecule has 0 atom stereocenters. The lowest BCUT2D eigenvalue weighted by molar-refractivity contribution is 1.06. The Morgan fingerprint density at radius 3 is 2.44 bits per heavy atom. The van der Waals surface area contributed by atoms with Gasteiger partial charge in [0.1, 0.15) is 27.7 Å². The molecule has 0 bridgehead atoms. The Morgan fingerprint density at radius 1 is 1.00 bits per heavy atom. The van der Waals surface area contributed by atoms with Crippen molar-refractivity contribution < 1.29 is 0 Å². The van der Waals surface area contributed by atoms with Crippen molar-refractivity contribution in [3.8, 4) is 22.6 Å². The van der Waals surface area contributed by atoms with E-state index < -0.39 is 0 Å². The number of aromatic amines is 1. The van der Waals surface area contributed by atoms with Crippen LogP contribution in [0.15, 0.2) is 64.4 Å². The lowest BCUT2D eigenvalue weighted by Crippen LogP contribution is -2.09. The Bertz CT molecular complexity index is 1260. The van der Waals surface area contributed by atoms with Gasteiger partial charge in [-0.1, -0.05) is 42.5 Å². The molecular weight excluding hydrogens is 332 g/mol. The van der Waals surface area contributed by atoms with Gasteiger partial charge in [-0.25, -0.2) is 0 Å². The third kappa shape index (κ3) is 2.20. The number of para-hydroxylation sites is 1. The zero-order chi connectivity index (χ0) is 17.4. The number of fused-ring (bicyclic) bond motifs is 3. The minimum atomic E-state index is -0.259. The van der Waals surface area contributed by atoms with Gasteiger partial charge in [0.2, 0.25) is 0 Å². The summed E-state index contributed by atoms with van der Waals surface area (Å²) in [6.07, 6.45) is 0. The maximum Gasteiger partial charge on any atom is 0.258 e.